The van der Waals surface area contributed by atoms with Crippen LogP contribution in [0.5, 0.6) is 11.5 Å². The van der Waals surface area contributed by atoms with Gasteiger partial charge < -0.3 is 36.0 Å². The maximum absolute atomic E-state index is 12.7. The minimum Gasteiger partial charge on any atom is -0.508 e. The van der Waals surface area contributed by atoms with Crippen molar-refractivity contribution >= 4 is 11.8 Å². The smallest absolute Gasteiger partial charge is 0.251 e. The topological polar surface area (TPSA) is 140 Å². The highest BCUT2D eigenvalue weighted by Gasteiger charge is 2.13. The molecule has 0 aromatic heterocycles. The molecular formula is C37H43N3O6. The van der Waals surface area contributed by atoms with Crippen molar-refractivity contribution in [2.45, 2.75) is 58.5 Å². The van der Waals surface area contributed by atoms with Crippen molar-refractivity contribution in [1.82, 2.24) is 16.0 Å². The van der Waals surface area contributed by atoms with Gasteiger partial charge in [0.05, 0.1) is 25.7 Å². The molecule has 9 heteroatoms. The van der Waals surface area contributed by atoms with Crippen molar-refractivity contribution in [3.05, 3.63) is 130 Å². The third kappa shape index (κ3) is 10.4. The summed E-state index contributed by atoms with van der Waals surface area (Å²) in [5.74, 6) is 0.503. The third-order valence-electron chi connectivity index (χ3n) is 7.61. The van der Waals surface area contributed by atoms with E-state index in [2.05, 4.69) is 16.0 Å². The molecule has 4 rings (SSSR count). The quantitative estimate of drug-likeness (QED) is 0.109. The van der Waals surface area contributed by atoms with Gasteiger partial charge in [0.1, 0.15) is 11.5 Å². The molecule has 46 heavy (non-hydrogen) atoms. The number of aliphatic hydroxyl groups excluding tert-OH is 2. The van der Waals surface area contributed by atoms with Crippen molar-refractivity contribution in [3.8, 4) is 11.5 Å². The van der Waals surface area contributed by atoms with Gasteiger partial charge in [-0.1, -0.05) is 54.6 Å². The normalized spacial score (nSPS) is 12.3. The van der Waals surface area contributed by atoms with Crippen molar-refractivity contribution in [3.63, 3.8) is 0 Å². The van der Waals surface area contributed by atoms with Crippen LogP contribution in [0.1, 0.15) is 63.7 Å². The first-order valence-electron chi connectivity index (χ1n) is 15.5. The fourth-order valence-corrected chi connectivity index (χ4v) is 5.04. The molecule has 0 fully saturated rings. The number of hydrogen-bond donors (Lipinski definition) is 6. The highest BCUT2D eigenvalue weighted by Crippen LogP contribution is 2.22. The lowest BCUT2D eigenvalue weighted by Crippen LogP contribution is -2.32. The number of hydrogen-bond acceptors (Lipinski definition) is 7. The maximum atomic E-state index is 12.7. The summed E-state index contributed by atoms with van der Waals surface area (Å²) in [4.78, 5) is 25.2. The molecule has 6 N–H and O–H groups in total. The van der Waals surface area contributed by atoms with Gasteiger partial charge in [0.25, 0.3) is 5.91 Å². The Hall–Kier alpha value is -4.70. The molecular weight excluding hydrogens is 582 g/mol. The van der Waals surface area contributed by atoms with E-state index in [9.17, 15) is 24.9 Å². The summed E-state index contributed by atoms with van der Waals surface area (Å²) in [5.41, 5.74) is 5.49. The Morgan fingerprint density at radius 3 is 2.17 bits per heavy atom. The van der Waals surface area contributed by atoms with Gasteiger partial charge in [0, 0.05) is 36.8 Å². The summed E-state index contributed by atoms with van der Waals surface area (Å²) in [6, 6.07) is 27.5. The van der Waals surface area contributed by atoms with E-state index >= 15 is 0 Å². The lowest BCUT2D eigenvalue weighted by molar-refractivity contribution is -0.120. The zero-order valence-corrected chi connectivity index (χ0v) is 26.3. The fraction of sp³-hybridized carbons (Fsp3) is 0.297. The second kappa shape index (κ2) is 17.1. The number of aromatic hydroxyl groups is 1. The highest BCUT2D eigenvalue weighted by atomic mass is 16.5. The van der Waals surface area contributed by atoms with Gasteiger partial charge in [-0.2, -0.15) is 0 Å². The Morgan fingerprint density at radius 2 is 1.50 bits per heavy atom. The van der Waals surface area contributed by atoms with Gasteiger partial charge in [0.15, 0.2) is 0 Å². The molecule has 0 heterocycles. The monoisotopic (exact) mass is 625 g/mol. The number of ether oxygens (including phenoxy) is 1. The first kappa shape index (κ1) is 34.2. The Balaban J connectivity index is 1.18. The number of phenols is 1. The summed E-state index contributed by atoms with van der Waals surface area (Å²) in [5, 5.41) is 38.9. The van der Waals surface area contributed by atoms with E-state index in [0.29, 0.717) is 49.4 Å². The lowest BCUT2D eigenvalue weighted by atomic mass is 10.0. The molecule has 0 saturated heterocycles. The van der Waals surface area contributed by atoms with Crippen LogP contribution in [0.15, 0.2) is 91.0 Å². The van der Waals surface area contributed by atoms with E-state index in [4.69, 9.17) is 4.74 Å². The van der Waals surface area contributed by atoms with Crippen molar-refractivity contribution in [2.24, 2.45) is 0 Å². The zero-order valence-electron chi connectivity index (χ0n) is 26.3. The third-order valence-corrected chi connectivity index (χ3v) is 7.61. The predicted molar refractivity (Wildman–Crippen MR) is 177 cm³/mol. The first-order chi connectivity index (χ1) is 22.2. The second-order valence-electron chi connectivity index (χ2n) is 11.3. The fourth-order valence-electron chi connectivity index (χ4n) is 5.04. The van der Waals surface area contributed by atoms with Crippen LogP contribution in [-0.4, -0.2) is 46.3 Å². The summed E-state index contributed by atoms with van der Waals surface area (Å²) >= 11 is 0. The van der Waals surface area contributed by atoms with Crippen molar-refractivity contribution in [1.29, 1.82) is 0 Å². The molecule has 4 aromatic rings. The van der Waals surface area contributed by atoms with E-state index < -0.39 is 6.10 Å². The average molecular weight is 626 g/mol. The number of carbonyl (C=O) groups excluding carboxylic acids is 2. The van der Waals surface area contributed by atoms with E-state index in [1.165, 1.54) is 6.07 Å². The number of rotatable bonds is 16. The van der Waals surface area contributed by atoms with Crippen LogP contribution in [0, 0.1) is 0 Å². The number of carbonyl (C=O) groups is 2. The highest BCUT2D eigenvalue weighted by molar-refractivity contribution is 5.94. The Bertz CT molecular complexity index is 1570. The Labute approximate surface area is 270 Å². The summed E-state index contributed by atoms with van der Waals surface area (Å²) in [7, 11) is 0. The Morgan fingerprint density at radius 1 is 0.826 bits per heavy atom. The minimum atomic E-state index is -0.782. The van der Waals surface area contributed by atoms with Gasteiger partial charge in [-0.25, -0.2) is 0 Å². The summed E-state index contributed by atoms with van der Waals surface area (Å²) in [6.07, 6.45) is 0.195. The molecule has 0 saturated carbocycles. The van der Waals surface area contributed by atoms with Crippen molar-refractivity contribution < 1.29 is 29.6 Å². The molecule has 9 nitrogen and oxygen atoms in total. The number of amides is 2. The summed E-state index contributed by atoms with van der Waals surface area (Å²) < 4.78 is 5.42. The molecule has 2 amide bonds. The van der Waals surface area contributed by atoms with Crippen LogP contribution >= 0.6 is 0 Å². The van der Waals surface area contributed by atoms with Gasteiger partial charge in [-0.3, -0.25) is 9.59 Å². The maximum Gasteiger partial charge on any atom is 0.251 e. The molecule has 242 valence electrons. The van der Waals surface area contributed by atoms with E-state index in [1.54, 1.807) is 36.4 Å². The molecule has 0 aliphatic rings. The van der Waals surface area contributed by atoms with Gasteiger partial charge >= 0.3 is 0 Å². The predicted octanol–water partition coefficient (Wildman–Crippen LogP) is 4.33. The standard InChI is InChI=1S/C37H43N3O6/c1-3-46-33-14-11-30(12-15-33)37(45)40-22-27-9-7-26(8-10-27)21-39-36(44)19-29-6-4-5-28(18-29)17-25(2)38-23-35(43)31-13-16-34(42)32(20-31)24-41/h4-16,18,20,25,35,38,41-43H,3,17,19,21-24H2,1-2H3,(H,39,44)(H,40,45)/t25-,35-/m1/s1. The van der Waals surface area contributed by atoms with Crippen molar-refractivity contribution in [2.75, 3.05) is 13.2 Å². The molecule has 4 aromatic carbocycles. The number of benzene rings is 4. The van der Waals surface area contributed by atoms with Gasteiger partial charge in [-0.05, 0) is 84.5 Å². The minimum absolute atomic E-state index is 0.00271. The van der Waals surface area contributed by atoms with Crippen LogP contribution in [-0.2, 0) is 37.3 Å². The SMILES string of the molecule is CCOc1ccc(C(=O)NCc2ccc(CNC(=O)Cc3cccc(C[C@@H](C)NC[C@@H](O)c4ccc(O)c(CO)c4)c3)cc2)cc1. The first-order valence-corrected chi connectivity index (χ1v) is 15.5. The van der Waals surface area contributed by atoms with Crippen LogP contribution in [0.2, 0.25) is 0 Å². The van der Waals surface area contributed by atoms with Crippen LogP contribution in [0.3, 0.4) is 0 Å². The van der Waals surface area contributed by atoms with Gasteiger partial charge in [0.2, 0.25) is 5.91 Å². The summed E-state index contributed by atoms with van der Waals surface area (Å²) in [6.45, 7) is 5.34. The lowest BCUT2D eigenvalue weighted by Gasteiger charge is -2.18. The molecule has 0 spiro atoms. The molecule has 2 atom stereocenters. The molecule has 0 radical (unpaired) electrons. The molecule has 0 aliphatic heterocycles. The average Bonchev–Trinajstić information content (AvgIpc) is 3.06. The zero-order chi connectivity index (χ0) is 32.9. The van der Waals surface area contributed by atoms with E-state index in [1.807, 2.05) is 62.4 Å². The number of nitrogens with one attached hydrogen (secondary N) is 3. The van der Waals surface area contributed by atoms with Crippen LogP contribution < -0.4 is 20.7 Å². The van der Waals surface area contributed by atoms with E-state index in [0.717, 1.165) is 28.0 Å². The largest absolute Gasteiger partial charge is 0.508 e. The second-order valence-corrected chi connectivity index (χ2v) is 11.3. The van der Waals surface area contributed by atoms with Crippen LogP contribution in [0.25, 0.3) is 0 Å². The van der Waals surface area contributed by atoms with Gasteiger partial charge in [-0.15, -0.1) is 0 Å². The Kier molecular flexibility index (Phi) is 12.7. The number of aliphatic hydroxyl groups is 2. The van der Waals surface area contributed by atoms with Crippen LogP contribution in [0.4, 0.5) is 0 Å². The molecule has 0 aliphatic carbocycles. The molecule has 0 bridgehead atoms. The molecule has 0 unspecified atom stereocenters. The van der Waals surface area contributed by atoms with E-state index in [-0.39, 0.29) is 36.6 Å².